The predicted octanol–water partition coefficient (Wildman–Crippen LogP) is 3.56. The summed E-state index contributed by atoms with van der Waals surface area (Å²) in [6.07, 6.45) is 4.58. The average Bonchev–Trinajstić information content (AvgIpc) is 2.89. The van der Waals surface area contributed by atoms with Gasteiger partial charge in [0.25, 0.3) is 0 Å². The molecule has 1 heterocycles. The minimum Gasteiger partial charge on any atom is -0.298 e. The maximum absolute atomic E-state index is 11.9. The van der Waals surface area contributed by atoms with Gasteiger partial charge in [-0.15, -0.1) is 0 Å². The third-order valence-corrected chi connectivity index (χ3v) is 4.54. The number of amides is 1. The molecule has 0 radical (unpaired) electrons. The van der Waals surface area contributed by atoms with Gasteiger partial charge in [-0.2, -0.15) is 0 Å². The highest BCUT2D eigenvalue weighted by Crippen LogP contribution is 2.31. The molecule has 1 aliphatic carbocycles. The van der Waals surface area contributed by atoms with Gasteiger partial charge in [-0.3, -0.25) is 14.9 Å². The Hall–Kier alpha value is -2.27. The normalized spacial score (nSPS) is 17.5. The molecule has 4 nitrogen and oxygen atoms in total. The fourth-order valence-corrected chi connectivity index (χ4v) is 3.40. The zero-order chi connectivity index (χ0) is 15.5. The topological polar surface area (TPSA) is 59.1 Å². The monoisotopic (exact) mass is 312 g/mol. The second-order valence-electron chi connectivity index (χ2n) is 5.46. The standard InChI is InChI=1S/C17H16N2O2S/c1-11-9-13-16(14(20)10-11)22-17(18-13)19-15(21)8-7-12-5-3-2-4-6-12/h2-8,11H,9-10H2,1H3,(H,18,19,21). The Morgan fingerprint density at radius 1 is 1.32 bits per heavy atom. The number of carbonyl (C=O) groups is 2. The maximum Gasteiger partial charge on any atom is 0.250 e. The van der Waals surface area contributed by atoms with Gasteiger partial charge in [0.15, 0.2) is 10.9 Å². The first-order valence-electron chi connectivity index (χ1n) is 7.19. The summed E-state index contributed by atoms with van der Waals surface area (Å²) in [4.78, 5) is 29.0. The molecular weight excluding hydrogens is 296 g/mol. The van der Waals surface area contributed by atoms with Crippen molar-refractivity contribution in [1.82, 2.24) is 4.98 Å². The number of hydrogen-bond acceptors (Lipinski definition) is 4. The number of hydrogen-bond donors (Lipinski definition) is 1. The third kappa shape index (κ3) is 3.31. The smallest absolute Gasteiger partial charge is 0.250 e. The van der Waals surface area contributed by atoms with Crippen LogP contribution in [0.25, 0.3) is 6.08 Å². The van der Waals surface area contributed by atoms with Crippen LogP contribution in [0.3, 0.4) is 0 Å². The number of benzene rings is 1. The number of aromatic nitrogens is 1. The molecule has 0 bridgehead atoms. The van der Waals surface area contributed by atoms with Crippen molar-refractivity contribution >= 4 is 34.2 Å². The summed E-state index contributed by atoms with van der Waals surface area (Å²) in [7, 11) is 0. The molecule has 0 fully saturated rings. The summed E-state index contributed by atoms with van der Waals surface area (Å²) in [6, 6.07) is 9.60. The van der Waals surface area contributed by atoms with Crippen LogP contribution in [0.1, 0.15) is 34.3 Å². The first-order chi connectivity index (χ1) is 10.6. The van der Waals surface area contributed by atoms with Crippen molar-refractivity contribution in [1.29, 1.82) is 0 Å². The van der Waals surface area contributed by atoms with Crippen LogP contribution in [0.5, 0.6) is 0 Å². The van der Waals surface area contributed by atoms with E-state index in [4.69, 9.17) is 0 Å². The molecule has 0 saturated heterocycles. The molecule has 1 unspecified atom stereocenters. The molecule has 1 amide bonds. The van der Waals surface area contributed by atoms with E-state index in [2.05, 4.69) is 10.3 Å². The van der Waals surface area contributed by atoms with Crippen LogP contribution >= 0.6 is 11.3 Å². The third-order valence-electron chi connectivity index (χ3n) is 3.48. The lowest BCUT2D eigenvalue weighted by Gasteiger charge is -2.14. The number of ketones is 1. The van der Waals surface area contributed by atoms with Crippen molar-refractivity contribution in [3.8, 4) is 0 Å². The highest BCUT2D eigenvalue weighted by atomic mass is 32.1. The lowest BCUT2D eigenvalue weighted by Crippen LogP contribution is -2.16. The summed E-state index contributed by atoms with van der Waals surface area (Å²) in [5.74, 6) is 0.214. The number of nitrogens with zero attached hydrogens (tertiary/aromatic N) is 1. The van der Waals surface area contributed by atoms with Crippen LogP contribution in [-0.4, -0.2) is 16.7 Å². The molecule has 2 aromatic rings. The van der Waals surface area contributed by atoms with Crippen molar-refractivity contribution in [2.75, 3.05) is 5.32 Å². The van der Waals surface area contributed by atoms with Gasteiger partial charge in [-0.05, 0) is 24.0 Å². The minimum absolute atomic E-state index is 0.131. The van der Waals surface area contributed by atoms with E-state index in [9.17, 15) is 9.59 Å². The Morgan fingerprint density at radius 3 is 2.86 bits per heavy atom. The van der Waals surface area contributed by atoms with E-state index in [0.29, 0.717) is 22.3 Å². The molecule has 1 aromatic heterocycles. The van der Waals surface area contributed by atoms with Crippen LogP contribution < -0.4 is 5.32 Å². The summed E-state index contributed by atoms with van der Waals surface area (Å²) in [5.41, 5.74) is 1.77. The minimum atomic E-state index is -0.240. The van der Waals surface area contributed by atoms with Crippen molar-refractivity contribution in [2.45, 2.75) is 19.8 Å². The number of nitrogens with one attached hydrogen (secondary N) is 1. The van der Waals surface area contributed by atoms with E-state index in [1.165, 1.54) is 17.4 Å². The molecule has 0 aliphatic heterocycles. The van der Waals surface area contributed by atoms with Gasteiger partial charge in [-0.25, -0.2) is 4.98 Å². The Bertz CT molecular complexity index is 734. The fraction of sp³-hybridized carbons (Fsp3) is 0.235. The van der Waals surface area contributed by atoms with Crippen molar-refractivity contribution in [2.24, 2.45) is 5.92 Å². The molecule has 22 heavy (non-hydrogen) atoms. The number of anilines is 1. The molecule has 1 aromatic carbocycles. The average molecular weight is 312 g/mol. The Morgan fingerprint density at radius 2 is 2.09 bits per heavy atom. The van der Waals surface area contributed by atoms with Crippen molar-refractivity contribution in [3.63, 3.8) is 0 Å². The molecule has 1 N–H and O–H groups in total. The summed E-state index contributed by atoms with van der Waals surface area (Å²) >= 11 is 1.27. The van der Waals surface area contributed by atoms with Crippen LogP contribution in [0.4, 0.5) is 5.13 Å². The number of Topliss-reactive ketones (excluding diaryl/α,β-unsaturated/α-hetero) is 1. The van der Waals surface area contributed by atoms with Gasteiger partial charge in [0.1, 0.15) is 0 Å². The second-order valence-corrected chi connectivity index (χ2v) is 6.46. The highest BCUT2D eigenvalue weighted by Gasteiger charge is 2.26. The van der Waals surface area contributed by atoms with E-state index < -0.39 is 0 Å². The SMILES string of the molecule is CC1CC(=O)c2sc(NC(=O)C=Cc3ccccc3)nc2C1. The van der Waals surface area contributed by atoms with Gasteiger partial charge in [0.05, 0.1) is 10.6 Å². The Labute approximate surface area is 132 Å². The molecular formula is C17H16N2O2S. The molecule has 1 aliphatic rings. The zero-order valence-corrected chi connectivity index (χ0v) is 13.0. The molecule has 0 saturated carbocycles. The van der Waals surface area contributed by atoms with Crippen molar-refractivity contribution in [3.05, 3.63) is 52.5 Å². The summed E-state index contributed by atoms with van der Waals surface area (Å²) in [5, 5.41) is 3.23. The summed E-state index contributed by atoms with van der Waals surface area (Å²) in [6.45, 7) is 2.04. The van der Waals surface area contributed by atoms with Crippen LogP contribution in [0, 0.1) is 5.92 Å². The van der Waals surface area contributed by atoms with E-state index in [0.717, 1.165) is 17.7 Å². The fourth-order valence-electron chi connectivity index (χ4n) is 2.46. The van der Waals surface area contributed by atoms with E-state index in [1.54, 1.807) is 6.08 Å². The first kappa shape index (κ1) is 14.7. The van der Waals surface area contributed by atoms with Gasteiger partial charge in [0, 0.05) is 12.5 Å². The number of carbonyl (C=O) groups excluding carboxylic acids is 2. The number of thiazole rings is 1. The molecule has 1 atom stereocenters. The maximum atomic E-state index is 11.9. The molecule has 112 valence electrons. The predicted molar refractivity (Wildman–Crippen MR) is 88.0 cm³/mol. The van der Waals surface area contributed by atoms with E-state index in [1.807, 2.05) is 37.3 Å². The largest absolute Gasteiger partial charge is 0.298 e. The van der Waals surface area contributed by atoms with Crippen molar-refractivity contribution < 1.29 is 9.59 Å². The summed E-state index contributed by atoms with van der Waals surface area (Å²) < 4.78 is 0. The highest BCUT2D eigenvalue weighted by molar-refractivity contribution is 7.17. The van der Waals surface area contributed by atoms with Crippen LogP contribution in [0.2, 0.25) is 0 Å². The lowest BCUT2D eigenvalue weighted by atomic mass is 9.92. The number of fused-ring (bicyclic) bond motifs is 1. The lowest BCUT2D eigenvalue weighted by molar-refractivity contribution is -0.111. The molecule has 3 rings (SSSR count). The van der Waals surface area contributed by atoms with Crippen LogP contribution in [-0.2, 0) is 11.2 Å². The van der Waals surface area contributed by atoms with E-state index >= 15 is 0 Å². The van der Waals surface area contributed by atoms with Gasteiger partial charge >= 0.3 is 0 Å². The van der Waals surface area contributed by atoms with Crippen LogP contribution in [0.15, 0.2) is 36.4 Å². The quantitative estimate of drug-likeness (QED) is 0.882. The number of rotatable bonds is 3. The molecule has 5 heteroatoms. The first-order valence-corrected chi connectivity index (χ1v) is 8.00. The van der Waals surface area contributed by atoms with E-state index in [-0.39, 0.29) is 11.7 Å². The van der Waals surface area contributed by atoms with Gasteiger partial charge < -0.3 is 0 Å². The Balaban J connectivity index is 1.69. The van der Waals surface area contributed by atoms with Gasteiger partial charge in [0.2, 0.25) is 5.91 Å². The zero-order valence-electron chi connectivity index (χ0n) is 12.2. The Kier molecular flexibility index (Phi) is 4.15. The molecule has 0 spiro atoms. The van der Waals surface area contributed by atoms with Gasteiger partial charge in [-0.1, -0.05) is 48.6 Å². The second kappa shape index (κ2) is 6.23.